The highest BCUT2D eigenvalue weighted by Crippen LogP contribution is 2.14. The summed E-state index contributed by atoms with van der Waals surface area (Å²) in [5.74, 6) is 0. The highest BCUT2D eigenvalue weighted by atomic mass is 16.4. The van der Waals surface area contributed by atoms with Crippen molar-refractivity contribution in [2.45, 2.75) is 61.9 Å². The summed E-state index contributed by atoms with van der Waals surface area (Å²) >= 11 is 0. The number of benzene rings is 1. The van der Waals surface area contributed by atoms with Crippen LogP contribution in [-0.2, 0) is 13.1 Å². The SMILES string of the molecule is NCc1ccc(CN(CC(O)C(O)C(O)C(O)CO)CC(O)C(O)C(O)C(O)CO)cc1. The van der Waals surface area contributed by atoms with Crippen molar-refractivity contribution in [1.82, 2.24) is 4.90 Å². The molecule has 0 aliphatic carbocycles. The second kappa shape index (κ2) is 14.1. The van der Waals surface area contributed by atoms with Crippen LogP contribution < -0.4 is 5.73 Å². The van der Waals surface area contributed by atoms with Gasteiger partial charge in [-0.05, 0) is 11.1 Å². The third-order valence-electron chi connectivity index (χ3n) is 5.21. The molecule has 12 heteroatoms. The van der Waals surface area contributed by atoms with Crippen LogP contribution in [0.4, 0.5) is 0 Å². The second-order valence-corrected chi connectivity index (χ2v) is 7.81. The third-order valence-corrected chi connectivity index (χ3v) is 5.21. The largest absolute Gasteiger partial charge is 0.394 e. The van der Waals surface area contributed by atoms with Gasteiger partial charge in [-0.2, -0.15) is 0 Å². The van der Waals surface area contributed by atoms with Gasteiger partial charge in [0.25, 0.3) is 0 Å². The monoisotopic (exact) mass is 464 g/mol. The summed E-state index contributed by atoms with van der Waals surface area (Å²) in [4.78, 5) is 1.41. The fourth-order valence-corrected chi connectivity index (χ4v) is 3.11. The number of aliphatic hydroxyl groups is 10. The van der Waals surface area contributed by atoms with E-state index in [9.17, 15) is 40.9 Å². The van der Waals surface area contributed by atoms with Crippen LogP contribution in [0.15, 0.2) is 24.3 Å². The maximum atomic E-state index is 10.3. The van der Waals surface area contributed by atoms with Gasteiger partial charge in [-0.15, -0.1) is 0 Å². The molecule has 1 aromatic carbocycles. The Morgan fingerprint density at radius 1 is 0.594 bits per heavy atom. The maximum absolute atomic E-state index is 10.3. The minimum absolute atomic E-state index is 0.107. The van der Waals surface area contributed by atoms with Crippen LogP contribution >= 0.6 is 0 Å². The zero-order valence-electron chi connectivity index (χ0n) is 17.7. The van der Waals surface area contributed by atoms with E-state index in [1.165, 1.54) is 4.90 Å². The molecule has 0 fully saturated rings. The molecule has 0 saturated heterocycles. The minimum atomic E-state index is -1.84. The van der Waals surface area contributed by atoms with Crippen molar-refractivity contribution in [2.24, 2.45) is 5.73 Å². The zero-order valence-corrected chi connectivity index (χ0v) is 17.7. The number of hydrogen-bond donors (Lipinski definition) is 11. The molecule has 0 heterocycles. The summed E-state index contributed by atoms with van der Waals surface area (Å²) in [6, 6.07) is 7.03. The molecule has 0 saturated carbocycles. The van der Waals surface area contributed by atoms with E-state index in [1.54, 1.807) is 24.3 Å². The molecular formula is C20H36N2O10. The lowest BCUT2D eigenvalue weighted by Gasteiger charge is -2.33. The van der Waals surface area contributed by atoms with E-state index >= 15 is 0 Å². The van der Waals surface area contributed by atoms with Crippen molar-refractivity contribution in [3.8, 4) is 0 Å². The molecule has 0 aliphatic rings. The van der Waals surface area contributed by atoms with Crippen molar-refractivity contribution in [3.63, 3.8) is 0 Å². The van der Waals surface area contributed by atoms with Crippen molar-refractivity contribution < 1.29 is 51.1 Å². The first kappa shape index (κ1) is 28.8. The van der Waals surface area contributed by atoms with E-state index in [-0.39, 0.29) is 19.6 Å². The average molecular weight is 465 g/mol. The van der Waals surface area contributed by atoms with Crippen LogP contribution in [0.1, 0.15) is 11.1 Å². The van der Waals surface area contributed by atoms with E-state index in [2.05, 4.69) is 0 Å². The lowest BCUT2D eigenvalue weighted by Crippen LogP contribution is -2.53. The topological polar surface area (TPSA) is 232 Å². The molecule has 0 radical (unpaired) electrons. The van der Waals surface area contributed by atoms with Crippen molar-refractivity contribution in [1.29, 1.82) is 0 Å². The quantitative estimate of drug-likeness (QED) is 0.117. The third kappa shape index (κ3) is 8.59. The second-order valence-electron chi connectivity index (χ2n) is 7.81. The molecule has 1 aromatic rings. The van der Waals surface area contributed by atoms with Gasteiger partial charge in [0.1, 0.15) is 36.6 Å². The molecular weight excluding hydrogens is 428 g/mol. The highest BCUT2D eigenvalue weighted by Gasteiger charge is 2.34. The number of nitrogens with zero attached hydrogens (tertiary/aromatic N) is 1. The average Bonchev–Trinajstić information content (AvgIpc) is 2.81. The van der Waals surface area contributed by atoms with Crippen LogP contribution in [0.5, 0.6) is 0 Å². The van der Waals surface area contributed by atoms with E-state index in [0.29, 0.717) is 6.54 Å². The minimum Gasteiger partial charge on any atom is -0.394 e. The predicted molar refractivity (Wildman–Crippen MR) is 112 cm³/mol. The smallest absolute Gasteiger partial charge is 0.111 e. The fourth-order valence-electron chi connectivity index (χ4n) is 3.11. The molecule has 12 N–H and O–H groups in total. The number of nitrogens with two attached hydrogens (primary N) is 1. The first-order chi connectivity index (χ1) is 15.0. The van der Waals surface area contributed by atoms with Crippen LogP contribution in [0.2, 0.25) is 0 Å². The summed E-state index contributed by atoms with van der Waals surface area (Å²) < 4.78 is 0. The molecule has 0 aliphatic heterocycles. The first-order valence-electron chi connectivity index (χ1n) is 10.2. The summed E-state index contributed by atoms with van der Waals surface area (Å²) in [5, 5.41) is 97.2. The van der Waals surface area contributed by atoms with Gasteiger partial charge < -0.3 is 56.8 Å². The number of aliphatic hydroxyl groups excluding tert-OH is 10. The van der Waals surface area contributed by atoms with E-state index in [1.807, 2.05) is 0 Å². The number of hydrogen-bond acceptors (Lipinski definition) is 12. The summed E-state index contributed by atoms with van der Waals surface area (Å²) in [5.41, 5.74) is 7.16. The Morgan fingerprint density at radius 2 is 0.938 bits per heavy atom. The van der Waals surface area contributed by atoms with Crippen LogP contribution in [0, 0.1) is 0 Å². The Bertz CT molecular complexity index is 607. The standard InChI is InChI=1S/C20H36N2O10/c21-5-11-1-3-12(4-2-11)6-22(7-13(25)17(29)19(31)15(27)9-23)8-14(26)18(30)20(32)16(28)10-24/h1-4,13-20,23-32H,5-10,21H2. The molecule has 0 bridgehead atoms. The lowest BCUT2D eigenvalue weighted by molar-refractivity contribution is -0.131. The van der Waals surface area contributed by atoms with Gasteiger partial charge >= 0.3 is 0 Å². The summed E-state index contributed by atoms with van der Waals surface area (Å²) in [7, 11) is 0. The van der Waals surface area contributed by atoms with Gasteiger partial charge in [-0.25, -0.2) is 0 Å². The van der Waals surface area contributed by atoms with Gasteiger partial charge in [0.15, 0.2) is 0 Å². The normalized spacial score (nSPS) is 19.8. The molecule has 0 amide bonds. The molecule has 12 nitrogen and oxygen atoms in total. The summed E-state index contributed by atoms with van der Waals surface area (Å²) in [6.07, 6.45) is -13.9. The molecule has 0 aromatic heterocycles. The van der Waals surface area contributed by atoms with E-state index in [0.717, 1.165) is 11.1 Å². The molecule has 1 rings (SSSR count). The van der Waals surface area contributed by atoms with Gasteiger partial charge in [-0.3, -0.25) is 4.90 Å². The van der Waals surface area contributed by atoms with Crippen molar-refractivity contribution >= 4 is 0 Å². The number of rotatable bonds is 15. The van der Waals surface area contributed by atoms with Gasteiger partial charge in [0.2, 0.25) is 0 Å². The molecule has 8 atom stereocenters. The Hall–Kier alpha value is -1.26. The Morgan fingerprint density at radius 3 is 1.28 bits per heavy atom. The molecule has 0 spiro atoms. The highest BCUT2D eigenvalue weighted by molar-refractivity contribution is 5.22. The lowest BCUT2D eigenvalue weighted by atomic mass is 10.0. The van der Waals surface area contributed by atoms with Crippen LogP contribution in [-0.4, -0.2) is 131 Å². The molecule has 32 heavy (non-hydrogen) atoms. The first-order valence-corrected chi connectivity index (χ1v) is 10.2. The Labute approximate surface area is 186 Å². The maximum Gasteiger partial charge on any atom is 0.111 e. The van der Waals surface area contributed by atoms with Crippen molar-refractivity contribution in [3.05, 3.63) is 35.4 Å². The van der Waals surface area contributed by atoms with Crippen LogP contribution in [0.25, 0.3) is 0 Å². The van der Waals surface area contributed by atoms with Gasteiger partial charge in [0, 0.05) is 26.2 Å². The van der Waals surface area contributed by atoms with Crippen LogP contribution in [0.3, 0.4) is 0 Å². The molecule has 8 unspecified atom stereocenters. The van der Waals surface area contributed by atoms with Gasteiger partial charge in [-0.1, -0.05) is 24.3 Å². The zero-order chi connectivity index (χ0) is 24.4. The molecule has 186 valence electrons. The van der Waals surface area contributed by atoms with Gasteiger partial charge in [0.05, 0.1) is 25.4 Å². The summed E-state index contributed by atoms with van der Waals surface area (Å²) in [6.45, 7) is -1.91. The Balaban J connectivity index is 2.96. The van der Waals surface area contributed by atoms with E-state index < -0.39 is 62.0 Å². The predicted octanol–water partition coefficient (Wildman–Crippen LogP) is -5.18. The van der Waals surface area contributed by atoms with Crippen molar-refractivity contribution in [2.75, 3.05) is 26.3 Å². The Kier molecular flexibility index (Phi) is 12.7. The fraction of sp³-hybridized carbons (Fsp3) is 0.700. The van der Waals surface area contributed by atoms with E-state index in [4.69, 9.17) is 15.9 Å².